The van der Waals surface area contributed by atoms with Crippen LogP contribution in [0.15, 0.2) is 11.6 Å². The standard InChI is InChI=1S/C53H86O22/c1-23-32(58)41(74-44-38(64)36(62)40(28(20-55)71-44)73-43-37(63)35(61)34(60)27(19-54)70-43)39(65)45(69-23)75-42-33(59)26(57)21-68-46(42)72-31-11-12-49(4)29(50(31,5)22-56)10-13-52(7)30(49)9-8-24-25-18-48(2,3)14-16-53(25,47(66)67)17-15-51(24,52)6/h8,23,25-46,54-65H,9-22H2,1-7H3,(H,66,67)/t23-,25?,26+,27+,28+,29?,30+,31-,32-,33-,34+,35-,36+,37+,38+,39+,40+,41+,42+,43-,44-,45-,46-,49-,50-,51+,52+,53-/m0/s1. The molecule has 22 nitrogen and oxygen atoms in total. The first-order chi connectivity index (χ1) is 35.2. The summed E-state index contributed by atoms with van der Waals surface area (Å²) in [7, 11) is 0. The van der Waals surface area contributed by atoms with Crippen molar-refractivity contribution in [3.05, 3.63) is 11.6 Å². The molecular weight excluding hydrogens is 989 g/mol. The van der Waals surface area contributed by atoms with Gasteiger partial charge in [0.1, 0.15) is 85.5 Å². The van der Waals surface area contributed by atoms with E-state index in [0.29, 0.717) is 19.3 Å². The lowest BCUT2D eigenvalue weighted by Gasteiger charge is -2.71. The molecule has 0 bridgehead atoms. The topological polar surface area (TPSA) is 354 Å². The third kappa shape index (κ3) is 9.40. The molecule has 22 heteroatoms. The minimum absolute atomic E-state index is 0.0289. The molecule has 0 aromatic rings. The number of aliphatic hydroxyl groups excluding tert-OH is 12. The second-order valence-electron chi connectivity index (χ2n) is 25.7. The van der Waals surface area contributed by atoms with Crippen LogP contribution in [-0.2, 0) is 42.7 Å². The van der Waals surface area contributed by atoms with Gasteiger partial charge in [-0.1, -0.05) is 53.2 Å². The Morgan fingerprint density at radius 3 is 1.88 bits per heavy atom. The molecule has 0 aromatic carbocycles. The van der Waals surface area contributed by atoms with Crippen molar-refractivity contribution < 1.29 is 109 Å². The maximum Gasteiger partial charge on any atom is 0.310 e. The van der Waals surface area contributed by atoms with Gasteiger partial charge < -0.3 is 104 Å². The second-order valence-corrected chi connectivity index (χ2v) is 25.7. The van der Waals surface area contributed by atoms with Gasteiger partial charge in [-0.05, 0) is 111 Å². The van der Waals surface area contributed by atoms with E-state index in [0.717, 1.165) is 44.9 Å². The monoisotopic (exact) mass is 1070 g/mol. The highest BCUT2D eigenvalue weighted by Crippen LogP contribution is 2.76. The molecule has 0 spiro atoms. The number of hydrogen-bond acceptors (Lipinski definition) is 21. The van der Waals surface area contributed by atoms with E-state index in [1.54, 1.807) is 0 Å². The molecule has 2 unspecified atom stereocenters. The number of carboxylic acid groups (broad SMARTS) is 1. The Labute approximate surface area is 437 Å². The van der Waals surface area contributed by atoms with E-state index in [-0.39, 0.29) is 52.6 Å². The number of carboxylic acids is 1. The lowest BCUT2D eigenvalue weighted by molar-refractivity contribution is -0.390. The summed E-state index contributed by atoms with van der Waals surface area (Å²) in [5.74, 6) is -0.514. The van der Waals surface area contributed by atoms with Crippen LogP contribution >= 0.6 is 0 Å². The zero-order valence-electron chi connectivity index (χ0n) is 44.2. The average Bonchev–Trinajstić information content (AvgIpc) is 3.44. The van der Waals surface area contributed by atoms with Crippen LogP contribution in [0.5, 0.6) is 0 Å². The van der Waals surface area contributed by atoms with Crippen LogP contribution < -0.4 is 0 Å². The first kappa shape index (κ1) is 58.1. The zero-order valence-corrected chi connectivity index (χ0v) is 44.2. The maximum atomic E-state index is 13.2. The van der Waals surface area contributed by atoms with E-state index in [1.807, 2.05) is 6.92 Å². The minimum atomic E-state index is -2.01. The maximum absolute atomic E-state index is 13.2. The fourth-order valence-corrected chi connectivity index (χ4v) is 16.3. The first-order valence-electron chi connectivity index (χ1n) is 27.3. The lowest BCUT2D eigenvalue weighted by Crippen LogP contribution is -2.67. The van der Waals surface area contributed by atoms with Crippen molar-refractivity contribution in [2.24, 2.45) is 50.2 Å². The van der Waals surface area contributed by atoms with Gasteiger partial charge in [0.25, 0.3) is 0 Å². The van der Waals surface area contributed by atoms with E-state index in [1.165, 1.54) is 12.5 Å². The first-order valence-corrected chi connectivity index (χ1v) is 27.3. The molecule has 4 saturated carbocycles. The average molecular weight is 1080 g/mol. The molecule has 9 rings (SSSR count). The highest BCUT2D eigenvalue weighted by atomic mass is 16.8. The molecule has 28 atom stereocenters. The number of aliphatic carboxylic acids is 1. The summed E-state index contributed by atoms with van der Waals surface area (Å²) in [6, 6.07) is 0. The summed E-state index contributed by atoms with van der Waals surface area (Å²) in [6.07, 6.45) is -22.4. The fourth-order valence-electron chi connectivity index (χ4n) is 16.3. The highest BCUT2D eigenvalue weighted by Gasteiger charge is 2.70. The second kappa shape index (κ2) is 21.1. The molecule has 5 aliphatic carbocycles. The largest absolute Gasteiger partial charge is 0.481 e. The molecule has 0 aromatic heterocycles. The van der Waals surface area contributed by atoms with Crippen LogP contribution in [-0.4, -0.2) is 222 Å². The molecule has 4 aliphatic heterocycles. The van der Waals surface area contributed by atoms with Gasteiger partial charge in [0, 0.05) is 5.41 Å². The normalized spacial score (nSPS) is 54.9. The van der Waals surface area contributed by atoms with Gasteiger partial charge in [-0.2, -0.15) is 0 Å². The van der Waals surface area contributed by atoms with Crippen molar-refractivity contribution in [1.29, 1.82) is 0 Å². The van der Waals surface area contributed by atoms with Gasteiger partial charge in [-0.25, -0.2) is 0 Å². The van der Waals surface area contributed by atoms with Gasteiger partial charge in [-0.3, -0.25) is 4.79 Å². The Hall–Kier alpha value is -1.59. The zero-order chi connectivity index (χ0) is 54.7. The molecule has 0 radical (unpaired) electrons. The van der Waals surface area contributed by atoms with Gasteiger partial charge in [-0.15, -0.1) is 0 Å². The van der Waals surface area contributed by atoms with E-state index in [9.17, 15) is 71.2 Å². The van der Waals surface area contributed by atoms with Crippen LogP contribution in [0.2, 0.25) is 0 Å². The van der Waals surface area contributed by atoms with E-state index < -0.39 is 153 Å². The number of aliphatic hydroxyl groups is 12. The van der Waals surface area contributed by atoms with Crippen LogP contribution in [0.4, 0.5) is 0 Å². The minimum Gasteiger partial charge on any atom is -0.481 e. The SMILES string of the molecule is C[C@@H]1O[C@@H](O[C@H]2[C@H](O[C@H]3CC[C@@]4(C)C(CC[C@]5(C)[C@@H]4CC=C4C6CC(C)(C)CC[C@]6(C(=O)O)CC[C@]45C)[C@]3(C)CO)OC[C@@H](O)[C@@H]2O)[C@H](O)[C@H](O[C@@H]2O[C@H](CO)[C@@H](O[C@@H]3O[C@H](CO)[C@@H](O)[C@H](O)[C@H]3O)[C@H](O)[C@H]2O)[C@H]1O. The Morgan fingerprint density at radius 2 is 1.23 bits per heavy atom. The molecule has 75 heavy (non-hydrogen) atoms. The van der Waals surface area contributed by atoms with E-state index in [2.05, 4.69) is 40.7 Å². The molecule has 9 aliphatic rings. The number of ether oxygens (including phenoxy) is 8. The Morgan fingerprint density at radius 1 is 0.613 bits per heavy atom. The third-order valence-corrected chi connectivity index (χ3v) is 21.2. The fraction of sp³-hybridized carbons (Fsp3) is 0.943. The lowest BCUT2D eigenvalue weighted by atomic mass is 9.33. The summed E-state index contributed by atoms with van der Waals surface area (Å²) in [5, 5.41) is 141. The summed E-state index contributed by atoms with van der Waals surface area (Å²) >= 11 is 0. The van der Waals surface area contributed by atoms with Crippen molar-refractivity contribution in [2.45, 2.75) is 235 Å². The van der Waals surface area contributed by atoms with Crippen molar-refractivity contribution in [3.63, 3.8) is 0 Å². The van der Waals surface area contributed by atoms with Crippen molar-refractivity contribution in [1.82, 2.24) is 0 Å². The summed E-state index contributed by atoms with van der Waals surface area (Å²) in [6.45, 7) is 12.9. The van der Waals surface area contributed by atoms with Crippen LogP contribution in [0.25, 0.3) is 0 Å². The Kier molecular flexibility index (Phi) is 16.3. The Balaban J connectivity index is 0.899. The summed E-state index contributed by atoms with van der Waals surface area (Å²) < 4.78 is 47.8. The van der Waals surface area contributed by atoms with E-state index in [4.69, 9.17) is 37.9 Å². The van der Waals surface area contributed by atoms with Crippen molar-refractivity contribution in [2.75, 3.05) is 26.4 Å². The number of fused-ring (bicyclic) bond motifs is 7. The third-order valence-electron chi connectivity index (χ3n) is 21.2. The highest BCUT2D eigenvalue weighted by molar-refractivity contribution is 5.76. The number of carbonyl (C=O) groups is 1. The summed E-state index contributed by atoms with van der Waals surface area (Å²) in [5.41, 5.74) is -0.839. The van der Waals surface area contributed by atoms with Crippen LogP contribution in [0, 0.1) is 50.2 Å². The molecular formula is C53H86O22. The van der Waals surface area contributed by atoms with Crippen molar-refractivity contribution >= 4 is 5.97 Å². The molecule has 430 valence electrons. The molecule has 8 fully saturated rings. The van der Waals surface area contributed by atoms with Crippen molar-refractivity contribution in [3.8, 4) is 0 Å². The quantitative estimate of drug-likeness (QED) is 0.0838. The van der Waals surface area contributed by atoms with Gasteiger partial charge in [0.15, 0.2) is 25.2 Å². The van der Waals surface area contributed by atoms with E-state index >= 15 is 0 Å². The van der Waals surface area contributed by atoms with Gasteiger partial charge >= 0.3 is 5.97 Å². The smallest absolute Gasteiger partial charge is 0.310 e. The van der Waals surface area contributed by atoms with Crippen LogP contribution in [0.1, 0.15) is 113 Å². The Bertz CT molecular complexity index is 2060. The predicted octanol–water partition coefficient (Wildman–Crippen LogP) is -0.830. The number of hydrogen-bond donors (Lipinski definition) is 13. The van der Waals surface area contributed by atoms with Gasteiger partial charge in [0.2, 0.25) is 0 Å². The molecule has 4 saturated heterocycles. The molecule has 4 heterocycles. The summed E-state index contributed by atoms with van der Waals surface area (Å²) in [4.78, 5) is 13.2. The van der Waals surface area contributed by atoms with Crippen LogP contribution in [0.3, 0.4) is 0 Å². The number of rotatable bonds is 12. The predicted molar refractivity (Wildman–Crippen MR) is 257 cm³/mol. The number of allylic oxidation sites excluding steroid dienone is 2. The van der Waals surface area contributed by atoms with Gasteiger partial charge in [0.05, 0.1) is 44.1 Å². The molecule has 13 N–H and O–H groups in total. The molecule has 0 amide bonds.